The summed E-state index contributed by atoms with van der Waals surface area (Å²) in [6.07, 6.45) is 11.8. The number of aromatic nitrogens is 3. The van der Waals surface area contributed by atoms with Crippen molar-refractivity contribution in [1.82, 2.24) is 14.6 Å². The number of nitrogens with one attached hydrogen (secondary N) is 1. The predicted molar refractivity (Wildman–Crippen MR) is 89.0 cm³/mol. The zero-order chi connectivity index (χ0) is 15.2. The highest BCUT2D eigenvalue weighted by atomic mass is 16.5. The molecule has 2 aromatic rings. The molecule has 0 amide bonds. The monoisotopic (exact) mass is 300 g/mol. The molecule has 1 N–H and O–H groups in total. The zero-order valence-corrected chi connectivity index (χ0v) is 13.2. The summed E-state index contributed by atoms with van der Waals surface area (Å²) < 4.78 is 7.30. The summed E-state index contributed by atoms with van der Waals surface area (Å²) in [6, 6.07) is 4.46. The molecule has 1 aliphatic heterocycles. The summed E-state index contributed by atoms with van der Waals surface area (Å²) in [5, 5.41) is 8.18. The molecule has 0 aromatic carbocycles. The van der Waals surface area contributed by atoms with Crippen LogP contribution in [-0.2, 0) is 4.74 Å². The maximum Gasteiger partial charge on any atom is 0.154 e. The van der Waals surface area contributed by atoms with Crippen molar-refractivity contribution >= 4 is 17.5 Å². The number of unbranched alkanes of at least 4 members (excludes halogenated alkanes) is 2. The summed E-state index contributed by atoms with van der Waals surface area (Å²) in [5.74, 6) is 0.903. The quantitative estimate of drug-likeness (QED) is 0.829. The molecule has 22 heavy (non-hydrogen) atoms. The van der Waals surface area contributed by atoms with Gasteiger partial charge in [-0.25, -0.2) is 9.50 Å². The second-order valence-electron chi connectivity index (χ2n) is 5.75. The first kappa shape index (κ1) is 15.0. The number of allylic oxidation sites excluding steroid dienone is 1. The highest BCUT2D eigenvalue weighted by molar-refractivity contribution is 5.53. The minimum absolute atomic E-state index is 0.450. The van der Waals surface area contributed by atoms with Gasteiger partial charge in [-0.15, -0.1) is 5.10 Å². The molecule has 3 rings (SSSR count). The fraction of sp³-hybridized carbons (Fsp3) is 0.529. The molecule has 1 fully saturated rings. The van der Waals surface area contributed by atoms with E-state index in [-0.39, 0.29) is 0 Å². The normalized spacial score (nSPS) is 16.6. The van der Waals surface area contributed by atoms with Crippen molar-refractivity contribution in [1.29, 1.82) is 0 Å². The minimum Gasteiger partial charge on any atom is -0.381 e. The van der Waals surface area contributed by atoms with Crippen LogP contribution in [0.1, 0.15) is 44.7 Å². The Morgan fingerprint density at radius 3 is 3.05 bits per heavy atom. The van der Waals surface area contributed by atoms with Crippen LogP contribution in [0, 0.1) is 0 Å². The molecule has 0 radical (unpaired) electrons. The van der Waals surface area contributed by atoms with E-state index in [0.29, 0.717) is 6.04 Å². The molecule has 1 saturated heterocycles. The van der Waals surface area contributed by atoms with E-state index in [1.165, 1.54) is 12.8 Å². The summed E-state index contributed by atoms with van der Waals surface area (Å²) in [6.45, 7) is 3.87. The molecule has 1 aliphatic rings. The van der Waals surface area contributed by atoms with E-state index in [9.17, 15) is 0 Å². The Morgan fingerprint density at radius 1 is 1.36 bits per heavy atom. The van der Waals surface area contributed by atoms with Crippen molar-refractivity contribution < 1.29 is 4.74 Å². The molecule has 5 heteroatoms. The number of anilines is 1. The van der Waals surface area contributed by atoms with Crippen molar-refractivity contribution in [3.8, 4) is 0 Å². The van der Waals surface area contributed by atoms with E-state index in [1.54, 1.807) is 0 Å². The van der Waals surface area contributed by atoms with E-state index < -0.39 is 0 Å². The van der Waals surface area contributed by atoms with Crippen LogP contribution < -0.4 is 5.32 Å². The van der Waals surface area contributed by atoms with Crippen LogP contribution >= 0.6 is 0 Å². The second kappa shape index (κ2) is 7.40. The van der Waals surface area contributed by atoms with Gasteiger partial charge in [-0.1, -0.05) is 25.8 Å². The van der Waals surface area contributed by atoms with Gasteiger partial charge in [-0.3, -0.25) is 0 Å². The molecule has 0 unspecified atom stereocenters. The van der Waals surface area contributed by atoms with Crippen LogP contribution in [0.2, 0.25) is 0 Å². The number of imidazole rings is 1. The van der Waals surface area contributed by atoms with Crippen molar-refractivity contribution in [3.63, 3.8) is 0 Å². The van der Waals surface area contributed by atoms with E-state index in [0.717, 1.165) is 49.6 Å². The molecular formula is C17H24N4O. The summed E-state index contributed by atoms with van der Waals surface area (Å²) in [4.78, 5) is 4.41. The average molecular weight is 300 g/mol. The van der Waals surface area contributed by atoms with Gasteiger partial charge < -0.3 is 10.1 Å². The lowest BCUT2D eigenvalue weighted by Crippen LogP contribution is -2.28. The van der Waals surface area contributed by atoms with E-state index in [4.69, 9.17) is 4.74 Å². The number of hydrogen-bond donors (Lipinski definition) is 1. The average Bonchev–Trinajstić information content (AvgIpc) is 2.95. The molecule has 2 aromatic heterocycles. The fourth-order valence-corrected chi connectivity index (χ4v) is 2.66. The number of hydrogen-bond acceptors (Lipinski definition) is 4. The summed E-state index contributed by atoms with van der Waals surface area (Å²) in [5.41, 5.74) is 1.91. The van der Waals surface area contributed by atoms with Crippen molar-refractivity contribution in [3.05, 3.63) is 30.1 Å². The van der Waals surface area contributed by atoms with E-state index in [2.05, 4.69) is 34.5 Å². The Labute approximate surface area is 131 Å². The van der Waals surface area contributed by atoms with Gasteiger partial charge >= 0.3 is 0 Å². The van der Waals surface area contributed by atoms with Crippen LogP contribution in [0.25, 0.3) is 11.7 Å². The number of rotatable bonds is 6. The molecule has 0 atom stereocenters. The van der Waals surface area contributed by atoms with Crippen LogP contribution in [-0.4, -0.2) is 33.9 Å². The van der Waals surface area contributed by atoms with Crippen LogP contribution in [0.4, 0.5) is 5.82 Å². The third-order valence-electron chi connectivity index (χ3n) is 3.97. The first-order valence-corrected chi connectivity index (χ1v) is 8.22. The van der Waals surface area contributed by atoms with Crippen molar-refractivity contribution in [2.45, 2.75) is 45.1 Å². The molecule has 0 spiro atoms. The van der Waals surface area contributed by atoms with Gasteiger partial charge in [0.2, 0.25) is 0 Å². The molecular weight excluding hydrogens is 276 g/mol. The molecule has 0 aliphatic carbocycles. The Morgan fingerprint density at radius 2 is 2.23 bits per heavy atom. The third kappa shape index (κ3) is 3.65. The zero-order valence-electron chi connectivity index (χ0n) is 13.2. The summed E-state index contributed by atoms with van der Waals surface area (Å²) >= 11 is 0. The smallest absolute Gasteiger partial charge is 0.154 e. The second-order valence-corrected chi connectivity index (χ2v) is 5.75. The third-order valence-corrected chi connectivity index (χ3v) is 3.97. The van der Waals surface area contributed by atoms with Gasteiger partial charge in [0.15, 0.2) is 5.65 Å². The van der Waals surface area contributed by atoms with Crippen LogP contribution in [0.15, 0.2) is 24.4 Å². The van der Waals surface area contributed by atoms with Gasteiger partial charge in [0.05, 0.1) is 11.9 Å². The molecule has 3 heterocycles. The highest BCUT2D eigenvalue weighted by Gasteiger charge is 2.14. The van der Waals surface area contributed by atoms with Gasteiger partial charge in [-0.05, 0) is 37.5 Å². The highest BCUT2D eigenvalue weighted by Crippen LogP contribution is 2.15. The number of fused-ring (bicyclic) bond motifs is 1. The van der Waals surface area contributed by atoms with Crippen molar-refractivity contribution in [2.75, 3.05) is 18.5 Å². The number of ether oxygens (including phenoxy) is 1. The maximum absolute atomic E-state index is 5.39. The Hall–Kier alpha value is -1.88. The molecule has 0 bridgehead atoms. The lowest BCUT2D eigenvalue weighted by Gasteiger charge is -2.23. The van der Waals surface area contributed by atoms with Gasteiger partial charge in [0.25, 0.3) is 0 Å². The fourth-order valence-electron chi connectivity index (χ4n) is 2.66. The maximum atomic E-state index is 5.39. The van der Waals surface area contributed by atoms with Crippen LogP contribution in [0.3, 0.4) is 0 Å². The molecule has 0 saturated carbocycles. The lowest BCUT2D eigenvalue weighted by molar-refractivity contribution is 0.0903. The Kier molecular flexibility index (Phi) is 5.06. The topological polar surface area (TPSA) is 51.5 Å². The predicted octanol–water partition coefficient (Wildman–Crippen LogP) is 3.52. The Bertz CT molecular complexity index is 629. The first-order valence-electron chi connectivity index (χ1n) is 8.22. The van der Waals surface area contributed by atoms with Gasteiger partial charge in [0.1, 0.15) is 5.82 Å². The number of nitrogens with zero attached hydrogens (tertiary/aromatic N) is 3. The standard InChI is InChI=1S/C17H24N4O/c1-2-3-4-5-6-15-13-18-17-8-7-16(20-21(15)17)19-14-9-11-22-12-10-14/h5-8,13-14H,2-4,9-12H2,1H3,(H,19,20). The SMILES string of the molecule is CCCCC=Cc1cnc2ccc(NC3CCOCC3)nn12. The molecule has 118 valence electrons. The van der Waals surface area contributed by atoms with Gasteiger partial charge in [-0.2, -0.15) is 0 Å². The van der Waals surface area contributed by atoms with Crippen molar-refractivity contribution in [2.24, 2.45) is 0 Å². The van der Waals surface area contributed by atoms with E-state index >= 15 is 0 Å². The molecule has 5 nitrogen and oxygen atoms in total. The largest absolute Gasteiger partial charge is 0.381 e. The van der Waals surface area contributed by atoms with Gasteiger partial charge in [0, 0.05) is 19.3 Å². The van der Waals surface area contributed by atoms with E-state index in [1.807, 2.05) is 22.8 Å². The summed E-state index contributed by atoms with van der Waals surface area (Å²) in [7, 11) is 0. The lowest BCUT2D eigenvalue weighted by atomic mass is 10.1. The minimum atomic E-state index is 0.450. The van der Waals surface area contributed by atoms with Crippen LogP contribution in [0.5, 0.6) is 0 Å². The first-order chi connectivity index (χ1) is 10.9. The Balaban J connectivity index is 1.74.